The quantitative estimate of drug-likeness (QED) is 0.174. The molecule has 218 valence electrons. The summed E-state index contributed by atoms with van der Waals surface area (Å²) in [5, 5.41) is 12.9. The van der Waals surface area contributed by atoms with Gasteiger partial charge in [0.1, 0.15) is 0 Å². The van der Waals surface area contributed by atoms with Crippen LogP contribution in [-0.4, -0.2) is 0 Å². The molecule has 0 aliphatic rings. The van der Waals surface area contributed by atoms with Crippen molar-refractivity contribution in [2.75, 3.05) is 0 Å². The van der Waals surface area contributed by atoms with Gasteiger partial charge in [-0.25, -0.2) is 0 Å². The minimum atomic E-state index is 1.24. The summed E-state index contributed by atoms with van der Waals surface area (Å²) < 4.78 is 2.69. The van der Waals surface area contributed by atoms with Crippen LogP contribution in [0.5, 0.6) is 0 Å². The van der Waals surface area contributed by atoms with E-state index in [0.717, 1.165) is 0 Å². The lowest BCUT2D eigenvalue weighted by Crippen LogP contribution is -1.92. The van der Waals surface area contributed by atoms with Crippen molar-refractivity contribution in [3.05, 3.63) is 170 Å². The predicted octanol–water partition coefficient (Wildman–Crippen LogP) is 13.7. The van der Waals surface area contributed by atoms with Crippen molar-refractivity contribution in [1.29, 1.82) is 0 Å². The van der Waals surface area contributed by atoms with Crippen molar-refractivity contribution < 1.29 is 0 Å². The number of benzene rings is 9. The van der Waals surface area contributed by atoms with Gasteiger partial charge >= 0.3 is 0 Å². The lowest BCUT2D eigenvalue weighted by molar-refractivity contribution is 1.66. The summed E-state index contributed by atoms with van der Waals surface area (Å²) in [6.07, 6.45) is 0. The van der Waals surface area contributed by atoms with E-state index in [4.69, 9.17) is 0 Å². The molecule has 0 saturated heterocycles. The summed E-state index contributed by atoms with van der Waals surface area (Å²) in [6.45, 7) is 0. The lowest BCUT2D eigenvalue weighted by atomic mass is 9.83. The number of hydrogen-bond acceptors (Lipinski definition) is 1. The average molecular weight is 613 g/mol. The van der Waals surface area contributed by atoms with Crippen molar-refractivity contribution in [3.8, 4) is 33.4 Å². The number of fused-ring (bicyclic) bond motifs is 8. The van der Waals surface area contributed by atoms with Gasteiger partial charge in [0.05, 0.1) is 0 Å². The molecule has 10 aromatic rings. The van der Waals surface area contributed by atoms with Crippen LogP contribution < -0.4 is 0 Å². The molecule has 47 heavy (non-hydrogen) atoms. The van der Waals surface area contributed by atoms with Crippen LogP contribution in [0, 0.1) is 0 Å². The van der Waals surface area contributed by atoms with Gasteiger partial charge in [-0.3, -0.25) is 0 Å². The number of hydrogen-bond donors (Lipinski definition) is 0. The standard InChI is InChI=1S/C46H28S/c1-2-14-29(15-3-1)44-35-20-7-9-22-37(35)45(38-23-10-8-21-36(38)44)41-27-31(26-30-16-4-5-17-32(30)41)40-28-42-34-19-12-13-25-43(34)47-46(42)39-24-11-6-18-33(39)40/h1-28H. The fourth-order valence-corrected chi connectivity index (χ4v) is 9.01. The first-order valence-corrected chi connectivity index (χ1v) is 17.0. The molecule has 9 aromatic carbocycles. The highest BCUT2D eigenvalue weighted by Crippen LogP contribution is 2.48. The Morgan fingerprint density at radius 1 is 0.298 bits per heavy atom. The van der Waals surface area contributed by atoms with Crippen LogP contribution in [0.4, 0.5) is 0 Å². The average Bonchev–Trinajstić information content (AvgIpc) is 3.52. The Bertz CT molecular complexity index is 2780. The second kappa shape index (κ2) is 10.4. The van der Waals surface area contributed by atoms with Crippen LogP contribution in [0.3, 0.4) is 0 Å². The van der Waals surface area contributed by atoms with E-state index < -0.39 is 0 Å². The molecule has 1 heterocycles. The van der Waals surface area contributed by atoms with Crippen molar-refractivity contribution in [2.24, 2.45) is 0 Å². The van der Waals surface area contributed by atoms with E-state index in [2.05, 4.69) is 170 Å². The molecule has 0 amide bonds. The molecular formula is C46H28S. The third-order valence-electron chi connectivity index (χ3n) is 9.82. The molecule has 0 N–H and O–H groups in total. The second-order valence-corrected chi connectivity index (χ2v) is 13.4. The highest BCUT2D eigenvalue weighted by molar-refractivity contribution is 7.26. The Balaban J connectivity index is 1.35. The molecule has 0 bridgehead atoms. The third-order valence-corrected chi connectivity index (χ3v) is 11.0. The topological polar surface area (TPSA) is 0 Å². The van der Waals surface area contributed by atoms with Crippen molar-refractivity contribution in [3.63, 3.8) is 0 Å². The highest BCUT2D eigenvalue weighted by Gasteiger charge is 2.20. The molecule has 0 aliphatic heterocycles. The second-order valence-electron chi connectivity index (χ2n) is 12.4. The minimum Gasteiger partial charge on any atom is -0.135 e. The fourth-order valence-electron chi connectivity index (χ4n) is 7.79. The Kier molecular flexibility index (Phi) is 5.85. The van der Waals surface area contributed by atoms with Crippen molar-refractivity contribution in [2.45, 2.75) is 0 Å². The Hall–Kier alpha value is -5.76. The van der Waals surface area contributed by atoms with Gasteiger partial charge in [-0.15, -0.1) is 11.3 Å². The fraction of sp³-hybridized carbons (Fsp3) is 0. The molecule has 0 saturated carbocycles. The zero-order valence-corrected chi connectivity index (χ0v) is 26.4. The maximum absolute atomic E-state index is 2.46. The first-order valence-electron chi connectivity index (χ1n) is 16.2. The maximum atomic E-state index is 2.46. The molecule has 0 radical (unpaired) electrons. The molecule has 1 aromatic heterocycles. The minimum absolute atomic E-state index is 1.24. The van der Waals surface area contributed by atoms with E-state index in [-0.39, 0.29) is 0 Å². The molecule has 0 aliphatic carbocycles. The van der Waals surface area contributed by atoms with Gasteiger partial charge in [0.25, 0.3) is 0 Å². The number of thiophene rings is 1. The van der Waals surface area contributed by atoms with Crippen LogP contribution >= 0.6 is 11.3 Å². The van der Waals surface area contributed by atoms with Crippen LogP contribution in [-0.2, 0) is 0 Å². The summed E-state index contributed by atoms with van der Waals surface area (Å²) in [7, 11) is 0. The van der Waals surface area contributed by atoms with Crippen LogP contribution in [0.15, 0.2) is 170 Å². The summed E-state index contributed by atoms with van der Waals surface area (Å²) >= 11 is 1.90. The van der Waals surface area contributed by atoms with E-state index in [1.165, 1.54) is 96.6 Å². The molecule has 0 nitrogen and oxygen atoms in total. The van der Waals surface area contributed by atoms with E-state index in [0.29, 0.717) is 0 Å². The summed E-state index contributed by atoms with van der Waals surface area (Å²) in [5.41, 5.74) is 7.62. The Morgan fingerprint density at radius 2 is 0.830 bits per heavy atom. The SMILES string of the molecule is c1ccc(-c2c3ccccc3c(-c3cc(-c4cc5c6ccccc6sc5c5ccccc45)cc4ccccc34)c3ccccc23)cc1. The summed E-state index contributed by atoms with van der Waals surface area (Å²) in [6, 6.07) is 62.7. The van der Waals surface area contributed by atoms with Gasteiger partial charge in [0, 0.05) is 25.6 Å². The molecule has 0 atom stereocenters. The third kappa shape index (κ3) is 4.00. The van der Waals surface area contributed by atoms with Gasteiger partial charge < -0.3 is 0 Å². The normalized spacial score (nSPS) is 11.8. The van der Waals surface area contributed by atoms with E-state index in [1.54, 1.807) is 0 Å². The van der Waals surface area contributed by atoms with Crippen molar-refractivity contribution in [1.82, 2.24) is 0 Å². The smallest absolute Gasteiger partial charge is 0.0434 e. The van der Waals surface area contributed by atoms with Crippen molar-refractivity contribution >= 4 is 74.6 Å². The maximum Gasteiger partial charge on any atom is 0.0434 e. The molecule has 0 spiro atoms. The van der Waals surface area contributed by atoms with Crippen LogP contribution in [0.25, 0.3) is 96.6 Å². The number of rotatable bonds is 3. The first kappa shape index (κ1) is 26.5. The highest BCUT2D eigenvalue weighted by atomic mass is 32.1. The van der Waals surface area contributed by atoms with Gasteiger partial charge in [-0.05, 0) is 95.3 Å². The summed E-state index contributed by atoms with van der Waals surface area (Å²) in [4.78, 5) is 0. The Labute approximate surface area is 276 Å². The zero-order valence-electron chi connectivity index (χ0n) is 25.6. The molecule has 1 heteroatoms. The van der Waals surface area contributed by atoms with Gasteiger partial charge in [-0.1, -0.05) is 146 Å². The first-order chi connectivity index (χ1) is 23.3. The van der Waals surface area contributed by atoms with E-state index in [1.807, 2.05) is 11.3 Å². The largest absolute Gasteiger partial charge is 0.135 e. The molecule has 0 unspecified atom stereocenters. The van der Waals surface area contributed by atoms with Gasteiger partial charge in [0.15, 0.2) is 0 Å². The molecule has 0 fully saturated rings. The van der Waals surface area contributed by atoms with Gasteiger partial charge in [0.2, 0.25) is 0 Å². The van der Waals surface area contributed by atoms with Crippen LogP contribution in [0.2, 0.25) is 0 Å². The van der Waals surface area contributed by atoms with Crippen LogP contribution in [0.1, 0.15) is 0 Å². The van der Waals surface area contributed by atoms with E-state index in [9.17, 15) is 0 Å². The zero-order chi connectivity index (χ0) is 30.9. The van der Waals surface area contributed by atoms with Gasteiger partial charge in [-0.2, -0.15) is 0 Å². The van der Waals surface area contributed by atoms with E-state index >= 15 is 0 Å². The molecule has 10 rings (SSSR count). The monoisotopic (exact) mass is 612 g/mol. The predicted molar refractivity (Wildman–Crippen MR) is 206 cm³/mol. The molecular weight excluding hydrogens is 585 g/mol. The lowest BCUT2D eigenvalue weighted by Gasteiger charge is -2.20. The summed E-state index contributed by atoms with van der Waals surface area (Å²) in [5.74, 6) is 0. The Morgan fingerprint density at radius 3 is 1.53 bits per heavy atom.